The average molecular weight is 254 g/mol. The van der Waals surface area contributed by atoms with Crippen LogP contribution in [0.4, 0.5) is 4.39 Å². The van der Waals surface area contributed by atoms with E-state index in [0.29, 0.717) is 19.7 Å². The molecule has 1 aromatic rings. The van der Waals surface area contributed by atoms with E-state index in [0.717, 1.165) is 12.6 Å². The highest BCUT2D eigenvalue weighted by molar-refractivity contribution is 5.94. The second-order valence-corrected chi connectivity index (χ2v) is 4.07. The van der Waals surface area contributed by atoms with E-state index >= 15 is 0 Å². The van der Waals surface area contributed by atoms with Gasteiger partial charge in [0.15, 0.2) is 0 Å². The molecule has 5 nitrogen and oxygen atoms in total. The third kappa shape index (κ3) is 3.18. The number of hydrogen-bond acceptors (Lipinski definition) is 4. The van der Waals surface area contributed by atoms with Crippen molar-refractivity contribution in [2.75, 3.05) is 26.2 Å². The molecule has 0 radical (unpaired) electrons. The standard InChI is InChI=1S/C12H15FN2O3/c13-11-5-8(16)1-2-10(11)12(17)15-7-9-6-14-3-4-18-9/h1-2,5,9,14,16H,3-4,6-7H2,(H,15,17). The van der Waals surface area contributed by atoms with Crippen LogP contribution in [0.15, 0.2) is 18.2 Å². The van der Waals surface area contributed by atoms with Crippen molar-refractivity contribution >= 4 is 5.91 Å². The minimum absolute atomic E-state index is 0.0865. The Morgan fingerprint density at radius 3 is 3.11 bits per heavy atom. The first-order valence-electron chi connectivity index (χ1n) is 5.76. The van der Waals surface area contributed by atoms with Gasteiger partial charge in [0.2, 0.25) is 0 Å². The molecular weight excluding hydrogens is 239 g/mol. The first-order chi connectivity index (χ1) is 8.66. The zero-order valence-electron chi connectivity index (χ0n) is 9.78. The second-order valence-electron chi connectivity index (χ2n) is 4.07. The third-order valence-electron chi connectivity index (χ3n) is 2.69. The first kappa shape index (κ1) is 12.8. The summed E-state index contributed by atoms with van der Waals surface area (Å²) in [5.41, 5.74) is -0.0865. The Morgan fingerprint density at radius 2 is 2.44 bits per heavy atom. The predicted molar refractivity (Wildman–Crippen MR) is 63.0 cm³/mol. The van der Waals surface area contributed by atoms with Gasteiger partial charge in [-0.25, -0.2) is 4.39 Å². The lowest BCUT2D eigenvalue weighted by molar-refractivity contribution is 0.0287. The number of aromatic hydroxyl groups is 1. The highest BCUT2D eigenvalue weighted by atomic mass is 19.1. The highest BCUT2D eigenvalue weighted by Gasteiger charge is 2.16. The number of nitrogens with one attached hydrogen (secondary N) is 2. The normalized spacial score (nSPS) is 19.5. The summed E-state index contributed by atoms with van der Waals surface area (Å²) in [4.78, 5) is 11.7. The fourth-order valence-electron chi connectivity index (χ4n) is 1.74. The number of carbonyl (C=O) groups excluding carboxylic acids is 1. The monoisotopic (exact) mass is 254 g/mol. The van der Waals surface area contributed by atoms with Gasteiger partial charge in [-0.1, -0.05) is 0 Å². The van der Waals surface area contributed by atoms with Gasteiger partial charge in [-0.3, -0.25) is 4.79 Å². The molecule has 2 rings (SSSR count). The Morgan fingerprint density at radius 1 is 1.61 bits per heavy atom. The van der Waals surface area contributed by atoms with E-state index < -0.39 is 11.7 Å². The van der Waals surface area contributed by atoms with Crippen molar-refractivity contribution in [3.05, 3.63) is 29.6 Å². The number of rotatable bonds is 3. The SMILES string of the molecule is O=C(NCC1CNCCO1)c1ccc(O)cc1F. The smallest absolute Gasteiger partial charge is 0.254 e. The van der Waals surface area contributed by atoms with Crippen molar-refractivity contribution < 1.29 is 19.0 Å². The Balaban J connectivity index is 1.90. The molecule has 3 N–H and O–H groups in total. The minimum Gasteiger partial charge on any atom is -0.508 e. The number of ether oxygens (including phenoxy) is 1. The molecule has 18 heavy (non-hydrogen) atoms. The Bertz CT molecular complexity index is 433. The molecule has 0 spiro atoms. The zero-order chi connectivity index (χ0) is 13.0. The maximum absolute atomic E-state index is 13.4. The van der Waals surface area contributed by atoms with Crippen molar-refractivity contribution in [1.82, 2.24) is 10.6 Å². The van der Waals surface area contributed by atoms with E-state index in [1.165, 1.54) is 12.1 Å². The van der Waals surface area contributed by atoms with E-state index in [9.17, 15) is 9.18 Å². The number of morpholine rings is 1. The molecule has 6 heteroatoms. The van der Waals surface area contributed by atoms with E-state index in [4.69, 9.17) is 9.84 Å². The number of benzene rings is 1. The van der Waals surface area contributed by atoms with Crippen LogP contribution in [0.2, 0.25) is 0 Å². The fraction of sp³-hybridized carbons (Fsp3) is 0.417. The number of phenols is 1. The molecule has 1 saturated heterocycles. The molecule has 1 unspecified atom stereocenters. The molecule has 1 heterocycles. The minimum atomic E-state index is -0.741. The summed E-state index contributed by atoms with van der Waals surface area (Å²) in [6.45, 7) is 2.40. The first-order valence-corrected chi connectivity index (χ1v) is 5.76. The molecule has 1 aliphatic heterocycles. The maximum atomic E-state index is 13.4. The molecule has 0 saturated carbocycles. The molecule has 1 amide bonds. The number of halogens is 1. The van der Waals surface area contributed by atoms with E-state index in [2.05, 4.69) is 10.6 Å². The van der Waals surface area contributed by atoms with Crippen LogP contribution in [-0.2, 0) is 4.74 Å². The summed E-state index contributed by atoms with van der Waals surface area (Å²) in [6.07, 6.45) is -0.0946. The quantitative estimate of drug-likeness (QED) is 0.723. The summed E-state index contributed by atoms with van der Waals surface area (Å²) in [5.74, 6) is -1.46. The summed E-state index contributed by atoms with van der Waals surface area (Å²) in [7, 11) is 0. The van der Waals surface area contributed by atoms with Gasteiger partial charge < -0.3 is 20.5 Å². The van der Waals surface area contributed by atoms with Gasteiger partial charge in [-0.05, 0) is 12.1 Å². The van der Waals surface area contributed by atoms with Crippen LogP contribution in [-0.4, -0.2) is 43.4 Å². The molecule has 98 valence electrons. The lowest BCUT2D eigenvalue weighted by atomic mass is 10.2. The summed E-state index contributed by atoms with van der Waals surface area (Å²) in [6, 6.07) is 3.43. The second kappa shape index (κ2) is 5.79. The van der Waals surface area contributed by atoms with Crippen molar-refractivity contribution in [2.45, 2.75) is 6.10 Å². The Kier molecular flexibility index (Phi) is 4.11. The molecule has 1 atom stereocenters. The lowest BCUT2D eigenvalue weighted by Crippen LogP contribution is -2.45. The van der Waals surface area contributed by atoms with Crippen LogP contribution >= 0.6 is 0 Å². The molecule has 1 aliphatic rings. The van der Waals surface area contributed by atoms with Gasteiger partial charge >= 0.3 is 0 Å². The number of hydrogen-bond donors (Lipinski definition) is 3. The fourth-order valence-corrected chi connectivity index (χ4v) is 1.74. The van der Waals surface area contributed by atoms with Crippen LogP contribution in [0, 0.1) is 5.82 Å². The Hall–Kier alpha value is -1.66. The largest absolute Gasteiger partial charge is 0.508 e. The summed E-state index contributed by atoms with van der Waals surface area (Å²) < 4.78 is 18.8. The van der Waals surface area contributed by atoms with Gasteiger partial charge in [0.05, 0.1) is 18.3 Å². The van der Waals surface area contributed by atoms with Gasteiger partial charge in [0.1, 0.15) is 11.6 Å². The van der Waals surface area contributed by atoms with Crippen LogP contribution in [0.25, 0.3) is 0 Å². The Labute approximate surface area is 104 Å². The summed E-state index contributed by atoms with van der Waals surface area (Å²) >= 11 is 0. The van der Waals surface area contributed by atoms with E-state index in [-0.39, 0.29) is 17.4 Å². The lowest BCUT2D eigenvalue weighted by Gasteiger charge is -2.23. The summed E-state index contributed by atoms with van der Waals surface area (Å²) in [5, 5.41) is 14.8. The third-order valence-corrected chi connectivity index (χ3v) is 2.69. The molecule has 0 aliphatic carbocycles. The van der Waals surface area contributed by atoms with Crippen LogP contribution in [0.5, 0.6) is 5.75 Å². The number of amides is 1. The van der Waals surface area contributed by atoms with E-state index in [1.807, 2.05) is 0 Å². The van der Waals surface area contributed by atoms with Crippen molar-refractivity contribution in [3.63, 3.8) is 0 Å². The van der Waals surface area contributed by atoms with Crippen LogP contribution in [0.1, 0.15) is 10.4 Å². The van der Waals surface area contributed by atoms with Gasteiger partial charge in [-0.2, -0.15) is 0 Å². The molecule has 1 aromatic carbocycles. The van der Waals surface area contributed by atoms with Gasteiger partial charge in [0, 0.05) is 25.7 Å². The van der Waals surface area contributed by atoms with Gasteiger partial charge in [0.25, 0.3) is 5.91 Å². The molecule has 0 aromatic heterocycles. The maximum Gasteiger partial charge on any atom is 0.254 e. The molecular formula is C12H15FN2O3. The van der Waals surface area contributed by atoms with E-state index in [1.54, 1.807) is 0 Å². The number of phenolic OH excluding ortho intramolecular Hbond substituents is 1. The van der Waals surface area contributed by atoms with Crippen LogP contribution in [0.3, 0.4) is 0 Å². The van der Waals surface area contributed by atoms with Crippen molar-refractivity contribution in [3.8, 4) is 5.75 Å². The predicted octanol–water partition coefficient (Wildman–Crippen LogP) is 0.250. The average Bonchev–Trinajstić information content (AvgIpc) is 2.37. The van der Waals surface area contributed by atoms with Gasteiger partial charge in [-0.15, -0.1) is 0 Å². The van der Waals surface area contributed by atoms with Crippen molar-refractivity contribution in [1.29, 1.82) is 0 Å². The topological polar surface area (TPSA) is 70.6 Å². The van der Waals surface area contributed by atoms with Crippen LogP contribution < -0.4 is 10.6 Å². The number of carbonyl (C=O) groups is 1. The highest BCUT2D eigenvalue weighted by Crippen LogP contribution is 2.14. The molecule has 1 fully saturated rings. The zero-order valence-corrected chi connectivity index (χ0v) is 9.78. The molecule has 0 bridgehead atoms. The van der Waals surface area contributed by atoms with Crippen molar-refractivity contribution in [2.24, 2.45) is 0 Å².